The highest BCUT2D eigenvalue weighted by Gasteiger charge is 2.35. The van der Waals surface area contributed by atoms with Crippen LogP contribution in [-0.4, -0.2) is 40.3 Å². The van der Waals surface area contributed by atoms with Gasteiger partial charge in [-0.15, -0.1) is 0 Å². The van der Waals surface area contributed by atoms with Gasteiger partial charge in [0.15, 0.2) is 0 Å². The maximum absolute atomic E-state index is 13.0. The number of benzene rings is 2. The van der Waals surface area contributed by atoms with E-state index in [4.69, 9.17) is 9.47 Å². The van der Waals surface area contributed by atoms with Gasteiger partial charge in [0.25, 0.3) is 5.91 Å². The molecule has 0 fully saturated rings. The summed E-state index contributed by atoms with van der Waals surface area (Å²) in [6.07, 6.45) is 1.73. The van der Waals surface area contributed by atoms with Crippen molar-refractivity contribution in [3.63, 3.8) is 0 Å². The summed E-state index contributed by atoms with van der Waals surface area (Å²) >= 11 is 0. The van der Waals surface area contributed by atoms with Gasteiger partial charge in [0, 0.05) is 30.7 Å². The molecule has 1 amide bonds. The molecular formula is C22H28N2O5S. The topological polar surface area (TPSA) is 84.9 Å². The number of amides is 1. The molecule has 2 aromatic carbocycles. The summed E-state index contributed by atoms with van der Waals surface area (Å²) in [6.45, 7) is 5.75. The molecule has 1 atom stereocenters. The molecule has 7 nitrogen and oxygen atoms in total. The SMILES string of the molecule is COc1ccc2c(c1)OC(C)(C)C[C@@H]2NC(=O)c1ccc(C)c(N(C)S(C)(=O)=O)c1. The summed E-state index contributed by atoms with van der Waals surface area (Å²) in [5.74, 6) is 1.09. The Morgan fingerprint density at radius 3 is 2.57 bits per heavy atom. The predicted molar refractivity (Wildman–Crippen MR) is 117 cm³/mol. The van der Waals surface area contributed by atoms with Gasteiger partial charge in [-0.1, -0.05) is 6.07 Å². The fourth-order valence-electron chi connectivity index (χ4n) is 3.60. The van der Waals surface area contributed by atoms with Crippen molar-refractivity contribution in [2.75, 3.05) is 24.7 Å². The maximum Gasteiger partial charge on any atom is 0.251 e. The zero-order valence-corrected chi connectivity index (χ0v) is 19.0. The number of nitrogens with zero attached hydrogens (tertiary/aromatic N) is 1. The Morgan fingerprint density at radius 1 is 1.23 bits per heavy atom. The number of methoxy groups -OCH3 is 1. The van der Waals surface area contributed by atoms with Gasteiger partial charge in [0.05, 0.1) is 25.1 Å². The van der Waals surface area contributed by atoms with Gasteiger partial charge in [-0.05, 0) is 50.6 Å². The molecule has 2 aromatic rings. The van der Waals surface area contributed by atoms with Gasteiger partial charge in [-0.25, -0.2) is 8.42 Å². The van der Waals surface area contributed by atoms with Crippen LogP contribution in [0.3, 0.4) is 0 Å². The first-order chi connectivity index (χ1) is 13.9. The van der Waals surface area contributed by atoms with E-state index in [1.165, 1.54) is 11.4 Å². The second-order valence-corrected chi connectivity index (χ2v) is 10.2. The highest BCUT2D eigenvalue weighted by molar-refractivity contribution is 7.92. The van der Waals surface area contributed by atoms with Crippen LogP contribution in [0.15, 0.2) is 36.4 Å². The Bertz CT molecular complexity index is 1080. The summed E-state index contributed by atoms with van der Waals surface area (Å²) in [7, 11) is -0.366. The molecule has 0 unspecified atom stereocenters. The van der Waals surface area contributed by atoms with Crippen LogP contribution < -0.4 is 19.1 Å². The average Bonchev–Trinajstić information content (AvgIpc) is 2.65. The Labute approximate surface area is 178 Å². The number of carbonyl (C=O) groups excluding carboxylic acids is 1. The van der Waals surface area contributed by atoms with Crippen LogP contribution in [0.4, 0.5) is 5.69 Å². The number of hydrogen-bond acceptors (Lipinski definition) is 5. The third-order valence-electron chi connectivity index (χ3n) is 5.29. The summed E-state index contributed by atoms with van der Waals surface area (Å²) < 4.78 is 36.4. The zero-order chi connectivity index (χ0) is 22.3. The smallest absolute Gasteiger partial charge is 0.251 e. The van der Waals surface area contributed by atoms with Crippen LogP contribution in [0.25, 0.3) is 0 Å². The van der Waals surface area contributed by atoms with Crippen molar-refractivity contribution >= 4 is 21.6 Å². The minimum Gasteiger partial charge on any atom is -0.497 e. The van der Waals surface area contributed by atoms with Gasteiger partial charge in [0.1, 0.15) is 17.1 Å². The molecule has 1 N–H and O–H groups in total. The number of fused-ring (bicyclic) bond motifs is 1. The first kappa shape index (κ1) is 22.0. The van der Waals surface area contributed by atoms with Crippen molar-refractivity contribution in [3.05, 3.63) is 53.1 Å². The van der Waals surface area contributed by atoms with Gasteiger partial charge in [-0.3, -0.25) is 9.10 Å². The van der Waals surface area contributed by atoms with E-state index in [2.05, 4.69) is 5.32 Å². The fraction of sp³-hybridized carbons (Fsp3) is 0.409. The molecule has 0 bridgehead atoms. The van der Waals surface area contributed by atoms with Crippen molar-refractivity contribution in [3.8, 4) is 11.5 Å². The monoisotopic (exact) mass is 432 g/mol. The first-order valence-corrected chi connectivity index (χ1v) is 11.5. The van der Waals surface area contributed by atoms with Crippen molar-refractivity contribution in [1.82, 2.24) is 5.32 Å². The Balaban J connectivity index is 1.91. The molecule has 8 heteroatoms. The first-order valence-electron chi connectivity index (χ1n) is 9.63. The van der Waals surface area contributed by atoms with Crippen molar-refractivity contribution in [2.24, 2.45) is 0 Å². The minimum absolute atomic E-state index is 0.250. The van der Waals surface area contributed by atoms with Crippen LogP contribution in [0.5, 0.6) is 11.5 Å². The Kier molecular flexibility index (Phi) is 5.73. The lowest BCUT2D eigenvalue weighted by atomic mass is 9.89. The van der Waals surface area contributed by atoms with E-state index in [9.17, 15) is 13.2 Å². The van der Waals surface area contributed by atoms with Crippen LogP contribution in [0.2, 0.25) is 0 Å². The van der Waals surface area contributed by atoms with E-state index in [1.54, 1.807) is 25.3 Å². The fourth-order valence-corrected chi connectivity index (χ4v) is 4.15. The summed E-state index contributed by atoms with van der Waals surface area (Å²) in [6, 6.07) is 10.4. The summed E-state index contributed by atoms with van der Waals surface area (Å²) in [5.41, 5.74) is 2.05. The second kappa shape index (κ2) is 7.83. The minimum atomic E-state index is -3.44. The van der Waals surface area contributed by atoms with E-state index >= 15 is 0 Å². The number of rotatable bonds is 5. The van der Waals surface area contributed by atoms with Gasteiger partial charge >= 0.3 is 0 Å². The van der Waals surface area contributed by atoms with E-state index in [1.807, 2.05) is 39.0 Å². The number of carbonyl (C=O) groups is 1. The molecule has 0 saturated carbocycles. The molecule has 162 valence electrons. The van der Waals surface area contributed by atoms with Gasteiger partial charge in [0.2, 0.25) is 10.0 Å². The third-order valence-corrected chi connectivity index (χ3v) is 6.48. The largest absolute Gasteiger partial charge is 0.497 e. The lowest BCUT2D eigenvalue weighted by Gasteiger charge is -2.38. The standard InChI is InChI=1S/C22H28N2O5S/c1-14-7-8-15(11-19(14)24(4)30(6,26)27)21(25)23-18-13-22(2,3)29-20-12-16(28-5)9-10-17(18)20/h7-12,18H,13H2,1-6H3,(H,23,25)/t18-/m0/s1. The maximum atomic E-state index is 13.0. The highest BCUT2D eigenvalue weighted by Crippen LogP contribution is 2.41. The van der Waals surface area contributed by atoms with Gasteiger partial charge < -0.3 is 14.8 Å². The molecule has 3 rings (SSSR count). The molecule has 0 saturated heterocycles. The average molecular weight is 433 g/mol. The van der Waals surface area contributed by atoms with Crippen LogP contribution in [-0.2, 0) is 10.0 Å². The van der Waals surface area contributed by atoms with Crippen LogP contribution in [0.1, 0.15) is 47.8 Å². The van der Waals surface area contributed by atoms with Crippen molar-refractivity contribution in [2.45, 2.75) is 38.8 Å². The molecule has 0 radical (unpaired) electrons. The number of anilines is 1. The Morgan fingerprint density at radius 2 is 1.93 bits per heavy atom. The van der Waals surface area contributed by atoms with E-state index in [-0.39, 0.29) is 11.9 Å². The molecule has 1 aliphatic rings. The van der Waals surface area contributed by atoms with Crippen LogP contribution in [0, 0.1) is 6.92 Å². The number of nitrogens with one attached hydrogen (secondary N) is 1. The third kappa shape index (κ3) is 4.53. The second-order valence-electron chi connectivity index (χ2n) is 8.23. The lowest BCUT2D eigenvalue weighted by molar-refractivity contribution is 0.0617. The molecular weight excluding hydrogens is 404 g/mol. The number of sulfonamides is 1. The highest BCUT2D eigenvalue weighted by atomic mass is 32.2. The van der Waals surface area contributed by atoms with Crippen LogP contribution >= 0.6 is 0 Å². The molecule has 0 spiro atoms. The number of aryl methyl sites for hydroxylation is 1. The molecule has 0 aliphatic carbocycles. The normalized spacial score (nSPS) is 17.5. The van der Waals surface area contributed by atoms with Crippen molar-refractivity contribution < 1.29 is 22.7 Å². The summed E-state index contributed by atoms with van der Waals surface area (Å²) in [4.78, 5) is 13.0. The van der Waals surface area contributed by atoms with E-state index in [0.717, 1.165) is 17.4 Å². The predicted octanol–water partition coefficient (Wildman–Crippen LogP) is 3.43. The molecule has 1 aliphatic heterocycles. The zero-order valence-electron chi connectivity index (χ0n) is 18.1. The van der Waals surface area contributed by atoms with Crippen molar-refractivity contribution in [1.29, 1.82) is 0 Å². The quantitative estimate of drug-likeness (QED) is 0.782. The lowest BCUT2D eigenvalue weighted by Crippen LogP contribution is -2.41. The van der Waals surface area contributed by atoms with Gasteiger partial charge in [-0.2, -0.15) is 0 Å². The molecule has 30 heavy (non-hydrogen) atoms. The number of hydrogen-bond donors (Lipinski definition) is 1. The Hall–Kier alpha value is -2.74. The molecule has 0 aromatic heterocycles. The summed E-state index contributed by atoms with van der Waals surface area (Å²) in [5, 5.41) is 3.08. The van der Waals surface area contributed by atoms with E-state index in [0.29, 0.717) is 29.2 Å². The molecule has 1 heterocycles. The number of ether oxygens (including phenoxy) is 2. The van der Waals surface area contributed by atoms with E-state index < -0.39 is 15.6 Å².